The molecule has 0 bridgehead atoms. The summed E-state index contributed by atoms with van der Waals surface area (Å²) in [7, 11) is 1.91. The van der Waals surface area contributed by atoms with Gasteiger partial charge >= 0.3 is 0 Å². The lowest BCUT2D eigenvalue weighted by atomic mass is 9.94. The molecule has 148 valence electrons. The van der Waals surface area contributed by atoms with Gasteiger partial charge in [-0.1, -0.05) is 49.1 Å². The van der Waals surface area contributed by atoms with Gasteiger partial charge in [0.05, 0.1) is 11.3 Å². The zero-order valence-electron chi connectivity index (χ0n) is 16.6. The molecule has 2 aromatic carbocycles. The van der Waals surface area contributed by atoms with Crippen LogP contribution in [-0.2, 0) is 4.79 Å². The van der Waals surface area contributed by atoms with Gasteiger partial charge < -0.3 is 10.2 Å². The van der Waals surface area contributed by atoms with Crippen molar-refractivity contribution in [2.45, 2.75) is 50.0 Å². The zero-order valence-corrected chi connectivity index (χ0v) is 17.4. The van der Waals surface area contributed by atoms with Crippen molar-refractivity contribution in [1.82, 2.24) is 4.90 Å². The molecule has 0 saturated heterocycles. The minimum atomic E-state index is -0.153. The van der Waals surface area contributed by atoms with Gasteiger partial charge in [0.15, 0.2) is 0 Å². The van der Waals surface area contributed by atoms with Gasteiger partial charge in [-0.25, -0.2) is 0 Å². The van der Waals surface area contributed by atoms with Gasteiger partial charge in [0.2, 0.25) is 5.91 Å². The maximum absolute atomic E-state index is 12.7. The first-order valence-electron chi connectivity index (χ1n) is 9.90. The quantitative estimate of drug-likeness (QED) is 0.689. The van der Waals surface area contributed by atoms with E-state index in [0.717, 1.165) is 29.0 Å². The Morgan fingerprint density at radius 1 is 1.04 bits per heavy atom. The number of aryl methyl sites for hydroxylation is 1. The van der Waals surface area contributed by atoms with Crippen molar-refractivity contribution in [1.29, 1.82) is 0 Å². The molecule has 2 aromatic rings. The standard InChI is InChI=1S/C23H28N2O2S/c1-17-12-14-18(15-13-17)24-23(27)20-10-6-7-11-21(20)28-16-22(26)25(2)19-8-4-3-5-9-19/h6-7,10-15,19H,3-5,8-9,16H2,1-2H3,(H,24,27). The summed E-state index contributed by atoms with van der Waals surface area (Å²) in [5.41, 5.74) is 2.51. The molecular weight excluding hydrogens is 368 g/mol. The first-order valence-corrected chi connectivity index (χ1v) is 10.9. The van der Waals surface area contributed by atoms with Crippen LogP contribution in [0, 0.1) is 6.92 Å². The minimum absolute atomic E-state index is 0.130. The van der Waals surface area contributed by atoms with Crippen molar-refractivity contribution in [3.8, 4) is 0 Å². The van der Waals surface area contributed by atoms with E-state index < -0.39 is 0 Å². The summed E-state index contributed by atoms with van der Waals surface area (Å²) < 4.78 is 0. The Labute approximate surface area is 171 Å². The van der Waals surface area contributed by atoms with E-state index in [9.17, 15) is 9.59 Å². The molecule has 1 N–H and O–H groups in total. The number of carbonyl (C=O) groups is 2. The summed E-state index contributed by atoms with van der Waals surface area (Å²) >= 11 is 1.44. The van der Waals surface area contributed by atoms with E-state index >= 15 is 0 Å². The van der Waals surface area contributed by atoms with Crippen LogP contribution in [0.5, 0.6) is 0 Å². The molecule has 0 radical (unpaired) electrons. The molecule has 2 amide bonds. The lowest BCUT2D eigenvalue weighted by Crippen LogP contribution is -2.39. The maximum Gasteiger partial charge on any atom is 0.256 e. The van der Waals surface area contributed by atoms with Crippen molar-refractivity contribution in [3.05, 3.63) is 59.7 Å². The summed E-state index contributed by atoms with van der Waals surface area (Å²) in [5, 5.41) is 2.94. The van der Waals surface area contributed by atoms with Gasteiger partial charge in [-0.05, 0) is 44.0 Å². The molecule has 1 fully saturated rings. The highest BCUT2D eigenvalue weighted by atomic mass is 32.2. The fourth-order valence-corrected chi connectivity index (χ4v) is 4.50. The number of hydrogen-bond acceptors (Lipinski definition) is 3. The van der Waals surface area contributed by atoms with Crippen molar-refractivity contribution >= 4 is 29.3 Å². The summed E-state index contributed by atoms with van der Waals surface area (Å²) in [5.74, 6) is 0.327. The molecule has 1 saturated carbocycles. The Bertz CT molecular complexity index is 814. The highest BCUT2D eigenvalue weighted by molar-refractivity contribution is 8.00. The number of nitrogens with one attached hydrogen (secondary N) is 1. The van der Waals surface area contributed by atoms with E-state index in [1.54, 1.807) is 6.07 Å². The minimum Gasteiger partial charge on any atom is -0.342 e. The third-order valence-corrected chi connectivity index (χ3v) is 6.37. The lowest BCUT2D eigenvalue weighted by molar-refractivity contribution is -0.129. The lowest BCUT2D eigenvalue weighted by Gasteiger charge is -2.31. The molecule has 1 aliphatic carbocycles. The Balaban J connectivity index is 1.62. The molecule has 0 aliphatic heterocycles. The van der Waals surface area contributed by atoms with Crippen LogP contribution in [0.2, 0.25) is 0 Å². The first-order chi connectivity index (χ1) is 13.5. The van der Waals surface area contributed by atoms with Crippen LogP contribution in [0.15, 0.2) is 53.4 Å². The average Bonchev–Trinajstić information content (AvgIpc) is 2.74. The normalized spacial score (nSPS) is 14.5. The van der Waals surface area contributed by atoms with Crippen LogP contribution in [0.3, 0.4) is 0 Å². The number of anilines is 1. The second kappa shape index (κ2) is 9.78. The van der Waals surface area contributed by atoms with E-state index in [0.29, 0.717) is 17.4 Å². The topological polar surface area (TPSA) is 49.4 Å². The van der Waals surface area contributed by atoms with E-state index in [2.05, 4.69) is 5.32 Å². The molecule has 5 heteroatoms. The molecule has 0 atom stereocenters. The molecule has 0 aromatic heterocycles. The van der Waals surface area contributed by atoms with Crippen molar-refractivity contribution in [3.63, 3.8) is 0 Å². The van der Waals surface area contributed by atoms with E-state index in [-0.39, 0.29) is 11.8 Å². The molecule has 3 rings (SSSR count). The number of carbonyl (C=O) groups excluding carboxylic acids is 2. The van der Waals surface area contributed by atoms with E-state index in [1.165, 1.54) is 31.0 Å². The van der Waals surface area contributed by atoms with Crippen LogP contribution in [0.1, 0.15) is 48.0 Å². The Kier molecular flexibility index (Phi) is 7.15. The van der Waals surface area contributed by atoms with E-state index in [4.69, 9.17) is 0 Å². The smallest absolute Gasteiger partial charge is 0.256 e. The van der Waals surface area contributed by atoms with Gasteiger partial charge in [-0.15, -0.1) is 11.8 Å². The maximum atomic E-state index is 12.7. The fourth-order valence-electron chi connectivity index (χ4n) is 3.53. The molecular formula is C23H28N2O2S. The van der Waals surface area contributed by atoms with Gasteiger partial charge in [0, 0.05) is 23.7 Å². The average molecular weight is 397 g/mol. The largest absolute Gasteiger partial charge is 0.342 e. The van der Waals surface area contributed by atoms with Crippen molar-refractivity contribution in [2.75, 3.05) is 18.1 Å². The third kappa shape index (κ3) is 5.38. The summed E-state index contributed by atoms with van der Waals surface area (Å²) in [4.78, 5) is 28.1. The molecule has 0 unspecified atom stereocenters. The van der Waals surface area contributed by atoms with Gasteiger partial charge in [0.1, 0.15) is 0 Å². The summed E-state index contributed by atoms with van der Waals surface area (Å²) in [6, 6.07) is 15.6. The Hall–Kier alpha value is -2.27. The molecule has 0 spiro atoms. The number of hydrogen-bond donors (Lipinski definition) is 1. The van der Waals surface area contributed by atoms with Crippen LogP contribution in [-0.4, -0.2) is 35.6 Å². The highest BCUT2D eigenvalue weighted by Crippen LogP contribution is 2.26. The molecule has 0 heterocycles. The third-order valence-electron chi connectivity index (χ3n) is 5.31. The van der Waals surface area contributed by atoms with Crippen LogP contribution < -0.4 is 5.32 Å². The Morgan fingerprint density at radius 2 is 1.71 bits per heavy atom. The summed E-state index contributed by atoms with van der Waals surface area (Å²) in [6.07, 6.45) is 5.89. The highest BCUT2D eigenvalue weighted by Gasteiger charge is 2.22. The fraction of sp³-hybridized carbons (Fsp3) is 0.391. The van der Waals surface area contributed by atoms with Crippen molar-refractivity contribution in [2.24, 2.45) is 0 Å². The summed E-state index contributed by atoms with van der Waals surface area (Å²) in [6.45, 7) is 2.01. The van der Waals surface area contributed by atoms with Crippen LogP contribution >= 0.6 is 11.8 Å². The van der Waals surface area contributed by atoms with Crippen molar-refractivity contribution < 1.29 is 9.59 Å². The number of amides is 2. The second-order valence-corrected chi connectivity index (χ2v) is 8.42. The predicted molar refractivity (Wildman–Crippen MR) is 116 cm³/mol. The molecule has 1 aliphatic rings. The zero-order chi connectivity index (χ0) is 19.9. The molecule has 28 heavy (non-hydrogen) atoms. The number of rotatable bonds is 6. The SMILES string of the molecule is Cc1ccc(NC(=O)c2ccccc2SCC(=O)N(C)C2CCCCC2)cc1. The second-order valence-electron chi connectivity index (χ2n) is 7.40. The number of benzene rings is 2. The Morgan fingerprint density at radius 3 is 2.43 bits per heavy atom. The van der Waals surface area contributed by atoms with E-state index in [1.807, 2.05) is 61.3 Å². The van der Waals surface area contributed by atoms with Gasteiger partial charge in [-0.3, -0.25) is 9.59 Å². The van der Waals surface area contributed by atoms with Crippen LogP contribution in [0.4, 0.5) is 5.69 Å². The first kappa shape index (κ1) is 20.5. The van der Waals surface area contributed by atoms with Gasteiger partial charge in [-0.2, -0.15) is 0 Å². The number of nitrogens with zero attached hydrogens (tertiary/aromatic N) is 1. The number of thioether (sulfide) groups is 1. The van der Waals surface area contributed by atoms with Gasteiger partial charge in [0.25, 0.3) is 5.91 Å². The predicted octanol–water partition coefficient (Wildman–Crippen LogP) is 5.13. The van der Waals surface area contributed by atoms with Crippen LogP contribution in [0.25, 0.3) is 0 Å². The molecule has 4 nitrogen and oxygen atoms in total. The monoisotopic (exact) mass is 396 g/mol.